The third kappa shape index (κ3) is 18.1. The van der Waals surface area contributed by atoms with Gasteiger partial charge in [-0.15, -0.1) is 0 Å². The van der Waals surface area contributed by atoms with Crippen molar-refractivity contribution in [3.63, 3.8) is 0 Å². The topological polar surface area (TPSA) is 380 Å². The van der Waals surface area contributed by atoms with Crippen molar-refractivity contribution in [2.24, 2.45) is 0 Å². The zero-order valence-corrected chi connectivity index (χ0v) is 62.9. The molecule has 2 aliphatic rings. The fourth-order valence-electron chi connectivity index (χ4n) is 12.4. The zero-order chi connectivity index (χ0) is 87.0. The number of ether oxygens (including phenoxy) is 3. The number of aromatic nitrogens is 18. The number of nitrogen functional groups attached to an aromatic ring is 4. The Morgan fingerprint density at radius 1 is 0.366 bits per heavy atom. The van der Waals surface area contributed by atoms with Crippen molar-refractivity contribution in [3.05, 3.63) is 234 Å². The molecule has 0 amide bonds. The number of hydrogen-bond acceptors (Lipinski definition) is 25. The fourth-order valence-corrected chi connectivity index (χ4v) is 12.4. The van der Waals surface area contributed by atoms with Crippen molar-refractivity contribution in [2.45, 2.75) is 77.4 Å². The van der Waals surface area contributed by atoms with Crippen LogP contribution in [-0.4, -0.2) is 108 Å². The van der Waals surface area contributed by atoms with Crippen molar-refractivity contribution >= 4 is 114 Å². The van der Waals surface area contributed by atoms with Gasteiger partial charge in [0.2, 0.25) is 47.1 Å². The molecule has 10 heterocycles. The lowest BCUT2D eigenvalue weighted by Crippen LogP contribution is -2.11. The SMILES string of the molecule is Cc1nc2ncccc2n1-c1nc(N)c(F)c(Nc2ccc(OC(F)F)c(F)c2)n1.Cc1nc2ncccc2n1-c1nc(N)c(F)c(Nc2ccc(OC(F)F)cc2)n1.Nc1nc(-n2c(C3CC3)nc3c(F)cccc32)nc(Nc2ccc(C(F)(F)F)cc2)c1F.Nc1nc(-n2c(C3CC3)nc3c(F)cccc32)nc(Nc2ccc(OC(F)F)cc2)c1F. The van der Waals surface area contributed by atoms with Crippen molar-refractivity contribution in [1.82, 2.24) is 88.0 Å². The van der Waals surface area contributed by atoms with Crippen molar-refractivity contribution in [1.29, 1.82) is 0 Å². The average molecular weight is 1710 g/mol. The lowest BCUT2D eigenvalue weighted by molar-refractivity contribution is -0.137. The largest absolute Gasteiger partial charge is 0.435 e. The lowest BCUT2D eigenvalue weighted by Gasteiger charge is -2.13. The number of nitrogens with two attached hydrogens (primary N) is 4. The Bertz CT molecular complexity index is 6630. The standard InChI is InChI=1S/C21H15F5N6.C21H16F4N6O.C18H13F4N7O.C18H14F3N7O/c22-13-2-1-3-14-16(13)29-19(10-4-5-10)32(14)20-30-17(27)15(23)18(31-20)28-12-8-6-11(7-9-12)21(24,25)26;22-13-2-1-3-14-16(13)28-19(10-4-5-10)31(14)21-29-17(26)15(23)18(30-21)27-11-6-8-12(9-7-11)32-20(24)25;1-8-25-15-11(3-2-6-24-15)29(8)18-27-14(23)13(20)16(28-18)26-9-4-5-12(10(19)7-9)30-17(21)22;1-9-24-15-12(3-2-8-23-15)28(9)18-26-14(22)13(19)16(27-18)25-10-4-6-11(7-5-10)29-17(20)21/h1-3,6-10H,4-5H2,(H3,27,28,30,31);1-3,6-10,20H,4-5H2,(H3,26,27,29,30);2-7,17H,1H3,(H3,23,26,27,28);2-8,17H,1H3,(H3,22,25,26,27). The van der Waals surface area contributed by atoms with Crippen LogP contribution < -0.4 is 58.4 Å². The van der Waals surface area contributed by atoms with Gasteiger partial charge in [-0.05, 0) is 173 Å². The van der Waals surface area contributed by atoms with Gasteiger partial charge in [0.1, 0.15) is 45.8 Å². The van der Waals surface area contributed by atoms with Crippen molar-refractivity contribution < 1.29 is 84.5 Å². The maximum absolute atomic E-state index is 14.7. The quantitative estimate of drug-likeness (QED) is 0.0329. The Morgan fingerprint density at radius 2 is 0.699 bits per heavy atom. The molecule has 6 aromatic carbocycles. The predicted molar refractivity (Wildman–Crippen MR) is 417 cm³/mol. The number of hydrogen-bond donors (Lipinski definition) is 8. The van der Waals surface area contributed by atoms with Crippen LogP contribution in [0.1, 0.15) is 66.4 Å². The van der Waals surface area contributed by atoms with Crippen LogP contribution in [0.3, 0.4) is 0 Å². The molecule has 0 radical (unpaired) electrons. The van der Waals surface area contributed by atoms with E-state index in [0.29, 0.717) is 68.0 Å². The zero-order valence-electron chi connectivity index (χ0n) is 62.9. The number of fused-ring (bicyclic) bond motifs is 4. The van der Waals surface area contributed by atoms with Gasteiger partial charge in [0.15, 0.2) is 81.0 Å². The number of alkyl halides is 9. The normalized spacial score (nSPS) is 12.6. The first-order valence-electron chi connectivity index (χ1n) is 36.2. The lowest BCUT2D eigenvalue weighted by atomic mass is 10.2. The van der Waals surface area contributed by atoms with Gasteiger partial charge in [0.25, 0.3) is 0 Å². The molecule has 29 nitrogen and oxygen atoms in total. The fraction of sp³-hybridized carbons (Fsp3) is 0.154. The molecular weight excluding hydrogens is 1650 g/mol. The Morgan fingerprint density at radius 3 is 1.04 bits per heavy atom. The van der Waals surface area contributed by atoms with Gasteiger partial charge in [-0.25, -0.2) is 43.1 Å². The van der Waals surface area contributed by atoms with E-state index in [9.17, 15) is 70.2 Å². The summed E-state index contributed by atoms with van der Waals surface area (Å²) in [6.45, 7) is -5.64. The maximum Gasteiger partial charge on any atom is 0.416 e. The second kappa shape index (κ2) is 34.1. The third-order valence-electron chi connectivity index (χ3n) is 18.2. The van der Waals surface area contributed by atoms with E-state index in [2.05, 4.69) is 105 Å². The van der Waals surface area contributed by atoms with E-state index >= 15 is 0 Å². The van der Waals surface area contributed by atoms with Crippen LogP contribution in [0.2, 0.25) is 0 Å². The first kappa shape index (κ1) is 82.6. The highest BCUT2D eigenvalue weighted by Crippen LogP contribution is 2.44. The van der Waals surface area contributed by atoms with E-state index in [1.54, 1.807) is 77.8 Å². The monoisotopic (exact) mass is 1710 g/mol. The highest BCUT2D eigenvalue weighted by molar-refractivity contribution is 5.81. The number of nitrogens with one attached hydrogen (secondary N) is 4. The Balaban J connectivity index is 0.000000127. The summed E-state index contributed by atoms with van der Waals surface area (Å²) in [5.74, 6) is -6.70. The van der Waals surface area contributed by atoms with Gasteiger partial charge in [-0.2, -0.15) is 96.9 Å². The number of benzene rings is 6. The predicted octanol–water partition coefficient (Wildman–Crippen LogP) is 17.5. The number of imidazole rings is 4. The molecule has 123 heavy (non-hydrogen) atoms. The summed E-state index contributed by atoms with van der Waals surface area (Å²) in [5.41, 5.74) is 26.4. The molecule has 0 spiro atoms. The molecular formula is C78H58F16N26O3. The van der Waals surface area contributed by atoms with E-state index < -0.39 is 95.5 Å². The summed E-state index contributed by atoms with van der Waals surface area (Å²) in [7, 11) is 0. The molecule has 630 valence electrons. The van der Waals surface area contributed by atoms with Gasteiger partial charge in [-0.3, -0.25) is 18.3 Å². The molecule has 0 bridgehead atoms. The number of anilines is 12. The number of pyridine rings is 2. The first-order valence-corrected chi connectivity index (χ1v) is 36.2. The molecule has 0 atom stereocenters. The molecule has 0 aliphatic heterocycles. The minimum Gasteiger partial charge on any atom is -0.435 e. The van der Waals surface area contributed by atoms with E-state index in [1.165, 1.54) is 81.9 Å². The molecule has 18 rings (SSSR count). The van der Waals surface area contributed by atoms with Crippen molar-refractivity contribution in [3.8, 4) is 41.0 Å². The van der Waals surface area contributed by atoms with E-state index in [4.69, 9.17) is 22.9 Å². The Labute approximate surface area is 679 Å². The maximum atomic E-state index is 14.7. The summed E-state index contributed by atoms with van der Waals surface area (Å²) >= 11 is 0. The Kier molecular flexibility index (Phi) is 22.9. The number of aryl methyl sites for hydroxylation is 2. The summed E-state index contributed by atoms with van der Waals surface area (Å²) in [6, 6.07) is 34.0. The second-order valence-corrected chi connectivity index (χ2v) is 26.7. The highest BCUT2D eigenvalue weighted by atomic mass is 19.4. The summed E-state index contributed by atoms with van der Waals surface area (Å²) in [5, 5.41) is 10.7. The summed E-state index contributed by atoms with van der Waals surface area (Å²) < 4.78 is 232. The molecule has 0 saturated heterocycles. The number of nitrogens with zero attached hydrogens (tertiary/aromatic N) is 18. The number of rotatable bonds is 20. The molecule has 16 aromatic rings. The minimum atomic E-state index is -4.49. The van der Waals surface area contributed by atoms with Gasteiger partial charge in [0.05, 0.1) is 27.6 Å². The number of para-hydroxylation sites is 2. The molecule has 45 heteroatoms. The number of halogens is 16. The smallest absolute Gasteiger partial charge is 0.416 e. The van der Waals surface area contributed by atoms with Gasteiger partial charge >= 0.3 is 26.0 Å². The van der Waals surface area contributed by atoms with Crippen molar-refractivity contribution in [2.75, 3.05) is 44.2 Å². The molecule has 2 fully saturated rings. The van der Waals surface area contributed by atoms with Crippen LogP contribution in [0, 0.1) is 54.6 Å². The van der Waals surface area contributed by atoms with Crippen LogP contribution in [0.25, 0.3) is 68.2 Å². The van der Waals surface area contributed by atoms with Crippen LogP contribution in [0.4, 0.5) is 140 Å². The van der Waals surface area contributed by atoms with Crippen LogP contribution >= 0.6 is 0 Å². The van der Waals surface area contributed by atoms with Gasteiger partial charge < -0.3 is 58.4 Å². The molecule has 0 unspecified atom stereocenters. The van der Waals surface area contributed by atoms with E-state index in [1.807, 2.05) is 0 Å². The molecule has 2 aliphatic carbocycles. The van der Waals surface area contributed by atoms with E-state index in [-0.39, 0.29) is 98.6 Å². The summed E-state index contributed by atoms with van der Waals surface area (Å²) in [4.78, 5) is 58.6. The molecule has 2 saturated carbocycles. The molecule has 12 N–H and O–H groups in total. The van der Waals surface area contributed by atoms with Crippen LogP contribution in [0.15, 0.2) is 164 Å². The highest BCUT2D eigenvalue weighted by Gasteiger charge is 2.35. The second-order valence-electron chi connectivity index (χ2n) is 26.7. The minimum absolute atomic E-state index is 0.0162. The van der Waals surface area contributed by atoms with Gasteiger partial charge in [0, 0.05) is 53.0 Å². The summed E-state index contributed by atoms with van der Waals surface area (Å²) in [6.07, 6.45) is 2.18. The van der Waals surface area contributed by atoms with Crippen LogP contribution in [-0.2, 0) is 6.18 Å². The van der Waals surface area contributed by atoms with Crippen LogP contribution in [0.5, 0.6) is 17.2 Å². The Hall–Kier alpha value is -15.5. The van der Waals surface area contributed by atoms with Gasteiger partial charge in [-0.1, -0.05) is 12.1 Å². The first-order chi connectivity index (χ1) is 58.9. The van der Waals surface area contributed by atoms with E-state index in [0.717, 1.165) is 62.1 Å². The molecule has 10 aromatic heterocycles. The average Bonchev–Trinajstić information content (AvgIpc) is 1.62. The third-order valence-corrected chi connectivity index (χ3v) is 18.2.